The second-order valence-corrected chi connectivity index (χ2v) is 6.17. The van der Waals surface area contributed by atoms with Gasteiger partial charge in [-0.25, -0.2) is 0 Å². The van der Waals surface area contributed by atoms with Gasteiger partial charge in [0, 0.05) is 32.0 Å². The predicted octanol–water partition coefficient (Wildman–Crippen LogP) is 3.09. The molecule has 3 rings (SSSR count). The summed E-state index contributed by atoms with van der Waals surface area (Å²) < 4.78 is 0. The molecule has 128 valence electrons. The molecule has 0 spiro atoms. The Morgan fingerprint density at radius 2 is 2.17 bits per heavy atom. The van der Waals surface area contributed by atoms with Crippen LogP contribution in [0.3, 0.4) is 0 Å². The molecule has 1 aliphatic heterocycles. The summed E-state index contributed by atoms with van der Waals surface area (Å²) in [4.78, 5) is 19.3. The second kappa shape index (κ2) is 8.27. The second-order valence-electron chi connectivity index (χ2n) is 6.17. The number of aryl methyl sites for hydroxylation is 1. The van der Waals surface area contributed by atoms with Gasteiger partial charge < -0.3 is 10.2 Å². The molecule has 1 saturated heterocycles. The molecular weight excluding hydrogens is 322 g/mol. The summed E-state index contributed by atoms with van der Waals surface area (Å²) in [6, 6.07) is 12.2. The molecular formula is C19H24ClN3O. The summed E-state index contributed by atoms with van der Waals surface area (Å²) in [7, 11) is 0. The standard InChI is InChI=1S/C19H23N3O.ClH/c1-14-5-3-6-16(11-14)15(2)19(23)22-10-9-21-13-18(22)17-7-4-8-20-12-17;/h3-8,11-12,15,18,21H,9-10,13H2,1-2H3;1H. The number of hydrogen-bond acceptors (Lipinski definition) is 3. The highest BCUT2D eigenvalue weighted by Gasteiger charge is 2.31. The third-order valence-electron chi connectivity index (χ3n) is 4.51. The lowest BCUT2D eigenvalue weighted by atomic mass is 9.96. The maximum Gasteiger partial charge on any atom is 0.230 e. The molecule has 0 aliphatic carbocycles. The highest BCUT2D eigenvalue weighted by Crippen LogP contribution is 2.27. The smallest absolute Gasteiger partial charge is 0.230 e. The minimum Gasteiger partial charge on any atom is -0.333 e. The van der Waals surface area contributed by atoms with Gasteiger partial charge in [0.15, 0.2) is 0 Å². The lowest BCUT2D eigenvalue weighted by Gasteiger charge is -2.38. The van der Waals surface area contributed by atoms with Crippen LogP contribution in [-0.2, 0) is 4.79 Å². The molecule has 2 aromatic rings. The van der Waals surface area contributed by atoms with Gasteiger partial charge in [-0.15, -0.1) is 12.4 Å². The van der Waals surface area contributed by atoms with E-state index >= 15 is 0 Å². The van der Waals surface area contributed by atoms with E-state index in [-0.39, 0.29) is 30.3 Å². The summed E-state index contributed by atoms with van der Waals surface area (Å²) in [6.45, 7) is 6.40. The quantitative estimate of drug-likeness (QED) is 0.929. The Morgan fingerprint density at radius 3 is 2.88 bits per heavy atom. The van der Waals surface area contributed by atoms with Crippen LogP contribution in [0, 0.1) is 6.92 Å². The molecule has 1 amide bonds. The zero-order valence-electron chi connectivity index (χ0n) is 14.1. The first-order valence-electron chi connectivity index (χ1n) is 8.14. The Labute approximate surface area is 149 Å². The highest BCUT2D eigenvalue weighted by molar-refractivity contribution is 5.85. The molecule has 2 atom stereocenters. The van der Waals surface area contributed by atoms with E-state index in [1.165, 1.54) is 5.56 Å². The molecule has 2 unspecified atom stereocenters. The van der Waals surface area contributed by atoms with Gasteiger partial charge in [-0.3, -0.25) is 9.78 Å². The Balaban J connectivity index is 0.00000208. The van der Waals surface area contributed by atoms with Crippen LogP contribution in [0.4, 0.5) is 0 Å². The van der Waals surface area contributed by atoms with Crippen molar-refractivity contribution in [1.29, 1.82) is 0 Å². The van der Waals surface area contributed by atoms with Gasteiger partial charge in [0.05, 0.1) is 12.0 Å². The number of carbonyl (C=O) groups excluding carboxylic acids is 1. The van der Waals surface area contributed by atoms with Crippen LogP contribution in [0.5, 0.6) is 0 Å². The summed E-state index contributed by atoms with van der Waals surface area (Å²) in [5, 5.41) is 3.38. The molecule has 24 heavy (non-hydrogen) atoms. The van der Waals surface area contributed by atoms with Crippen molar-refractivity contribution in [2.75, 3.05) is 19.6 Å². The number of rotatable bonds is 3. The highest BCUT2D eigenvalue weighted by atomic mass is 35.5. The number of nitrogens with zero attached hydrogens (tertiary/aromatic N) is 2. The van der Waals surface area contributed by atoms with E-state index in [9.17, 15) is 4.79 Å². The third-order valence-corrected chi connectivity index (χ3v) is 4.51. The van der Waals surface area contributed by atoms with Crippen LogP contribution < -0.4 is 5.32 Å². The Kier molecular flexibility index (Phi) is 6.35. The van der Waals surface area contributed by atoms with Crippen molar-refractivity contribution in [3.8, 4) is 0 Å². The molecule has 4 nitrogen and oxygen atoms in total. The van der Waals surface area contributed by atoms with Crippen molar-refractivity contribution in [1.82, 2.24) is 15.2 Å². The van der Waals surface area contributed by atoms with Crippen LogP contribution in [-0.4, -0.2) is 35.4 Å². The van der Waals surface area contributed by atoms with Crippen molar-refractivity contribution in [3.05, 3.63) is 65.5 Å². The van der Waals surface area contributed by atoms with Crippen molar-refractivity contribution in [2.45, 2.75) is 25.8 Å². The van der Waals surface area contributed by atoms with Crippen molar-refractivity contribution in [2.24, 2.45) is 0 Å². The van der Waals surface area contributed by atoms with Crippen molar-refractivity contribution >= 4 is 18.3 Å². The topological polar surface area (TPSA) is 45.2 Å². The Hall–Kier alpha value is -1.91. The van der Waals surface area contributed by atoms with Crippen LogP contribution in [0.1, 0.15) is 35.6 Å². The molecule has 1 aromatic carbocycles. The van der Waals surface area contributed by atoms with E-state index in [1.54, 1.807) is 6.20 Å². The Morgan fingerprint density at radius 1 is 1.33 bits per heavy atom. The number of halogens is 1. The first-order chi connectivity index (χ1) is 11.2. The third kappa shape index (κ3) is 3.94. The summed E-state index contributed by atoms with van der Waals surface area (Å²) in [6.07, 6.45) is 3.62. The molecule has 1 aliphatic rings. The lowest BCUT2D eigenvalue weighted by molar-refractivity contribution is -0.135. The molecule has 0 saturated carbocycles. The molecule has 1 N–H and O–H groups in total. The number of hydrogen-bond donors (Lipinski definition) is 1. The normalized spacial score (nSPS) is 18.6. The minimum atomic E-state index is -0.132. The van der Waals surface area contributed by atoms with Crippen molar-refractivity contribution < 1.29 is 4.79 Å². The largest absolute Gasteiger partial charge is 0.333 e. The van der Waals surface area contributed by atoms with E-state index in [2.05, 4.69) is 29.4 Å². The van der Waals surface area contributed by atoms with Gasteiger partial charge in [0.25, 0.3) is 0 Å². The molecule has 1 fully saturated rings. The number of carbonyl (C=O) groups is 1. The molecule has 2 heterocycles. The van der Waals surface area contributed by atoms with E-state index in [0.29, 0.717) is 0 Å². The van der Waals surface area contributed by atoms with Gasteiger partial charge >= 0.3 is 0 Å². The number of piperazine rings is 1. The summed E-state index contributed by atoms with van der Waals surface area (Å²) in [5.74, 6) is 0.0538. The zero-order chi connectivity index (χ0) is 16.2. The van der Waals surface area contributed by atoms with E-state index in [0.717, 1.165) is 30.8 Å². The summed E-state index contributed by atoms with van der Waals surface area (Å²) >= 11 is 0. The maximum absolute atomic E-state index is 13.1. The van der Waals surface area contributed by atoms with E-state index in [4.69, 9.17) is 0 Å². The first-order valence-corrected chi connectivity index (χ1v) is 8.14. The minimum absolute atomic E-state index is 0. The molecule has 0 bridgehead atoms. The van der Waals surface area contributed by atoms with Crippen molar-refractivity contribution in [3.63, 3.8) is 0 Å². The summed E-state index contributed by atoms with van der Waals surface area (Å²) in [5.41, 5.74) is 3.36. The van der Waals surface area contributed by atoms with Crippen LogP contribution in [0.15, 0.2) is 48.8 Å². The average Bonchev–Trinajstić information content (AvgIpc) is 2.61. The molecule has 1 aromatic heterocycles. The number of aromatic nitrogens is 1. The fraction of sp³-hybridized carbons (Fsp3) is 0.368. The van der Waals surface area contributed by atoms with Gasteiger partial charge in [0.1, 0.15) is 0 Å². The number of nitrogens with one attached hydrogen (secondary N) is 1. The number of amides is 1. The van der Waals surface area contributed by atoms with Gasteiger partial charge in [-0.1, -0.05) is 35.9 Å². The predicted molar refractivity (Wildman–Crippen MR) is 98.4 cm³/mol. The fourth-order valence-corrected chi connectivity index (χ4v) is 3.17. The molecule has 5 heteroatoms. The molecule has 0 radical (unpaired) electrons. The lowest BCUT2D eigenvalue weighted by Crippen LogP contribution is -2.49. The Bertz CT molecular complexity index is 677. The van der Waals surface area contributed by atoms with E-state index < -0.39 is 0 Å². The van der Waals surface area contributed by atoms with E-state index in [1.807, 2.05) is 42.3 Å². The van der Waals surface area contributed by atoms with Crippen LogP contribution in [0.2, 0.25) is 0 Å². The van der Waals surface area contributed by atoms with Gasteiger partial charge in [0.2, 0.25) is 5.91 Å². The van der Waals surface area contributed by atoms with Gasteiger partial charge in [-0.05, 0) is 31.0 Å². The number of benzene rings is 1. The van der Waals surface area contributed by atoms with Crippen LogP contribution >= 0.6 is 12.4 Å². The fourth-order valence-electron chi connectivity index (χ4n) is 3.17. The monoisotopic (exact) mass is 345 g/mol. The van der Waals surface area contributed by atoms with Gasteiger partial charge in [-0.2, -0.15) is 0 Å². The first kappa shape index (κ1) is 18.4. The zero-order valence-corrected chi connectivity index (χ0v) is 14.9. The maximum atomic E-state index is 13.1. The SMILES string of the molecule is Cc1cccc(C(C)C(=O)N2CCNCC2c2cccnc2)c1.Cl. The average molecular weight is 346 g/mol. The number of pyridine rings is 1. The van der Waals surface area contributed by atoms with Crippen LogP contribution in [0.25, 0.3) is 0 Å².